The molecule has 1 aliphatic rings. The van der Waals surface area contributed by atoms with Crippen molar-refractivity contribution in [1.82, 2.24) is 15.6 Å². The zero-order valence-electron chi connectivity index (χ0n) is 11.0. The molecule has 1 amide bonds. The standard InChI is InChI=1S/C13H19N3O3/c1-19-9-13(5-2-6-16-13)8-15-12(18)10-3-4-11(17)14-7-10/h3-4,7,16H,2,5-6,8-9H2,1H3,(H,14,17)(H,15,18). The van der Waals surface area contributed by atoms with Gasteiger partial charge in [0.25, 0.3) is 5.91 Å². The lowest BCUT2D eigenvalue weighted by atomic mass is 9.98. The first-order chi connectivity index (χ1) is 9.15. The summed E-state index contributed by atoms with van der Waals surface area (Å²) in [5, 5.41) is 6.27. The quantitative estimate of drug-likeness (QED) is 0.693. The summed E-state index contributed by atoms with van der Waals surface area (Å²) in [6.45, 7) is 2.02. The smallest absolute Gasteiger partial charge is 0.252 e. The predicted molar refractivity (Wildman–Crippen MR) is 71.2 cm³/mol. The fourth-order valence-corrected chi connectivity index (χ4v) is 2.37. The number of H-pyrrole nitrogens is 1. The molecule has 0 aromatic carbocycles. The topological polar surface area (TPSA) is 83.2 Å². The lowest BCUT2D eigenvalue weighted by molar-refractivity contribution is 0.0892. The van der Waals surface area contributed by atoms with E-state index in [4.69, 9.17) is 4.74 Å². The van der Waals surface area contributed by atoms with Crippen LogP contribution < -0.4 is 16.2 Å². The molecule has 6 heteroatoms. The van der Waals surface area contributed by atoms with Crippen LogP contribution in [0.4, 0.5) is 0 Å². The van der Waals surface area contributed by atoms with Gasteiger partial charge in [-0.15, -0.1) is 0 Å². The second kappa shape index (κ2) is 5.99. The molecule has 1 saturated heterocycles. The molecule has 1 aromatic heterocycles. The van der Waals surface area contributed by atoms with Gasteiger partial charge in [0.15, 0.2) is 0 Å². The van der Waals surface area contributed by atoms with E-state index in [1.165, 1.54) is 18.3 Å². The summed E-state index contributed by atoms with van der Waals surface area (Å²) in [6.07, 6.45) is 3.48. The third kappa shape index (κ3) is 3.42. The van der Waals surface area contributed by atoms with Crippen molar-refractivity contribution in [1.29, 1.82) is 0 Å². The van der Waals surface area contributed by atoms with Gasteiger partial charge < -0.3 is 20.4 Å². The highest BCUT2D eigenvalue weighted by Gasteiger charge is 2.33. The van der Waals surface area contributed by atoms with Crippen molar-refractivity contribution in [2.45, 2.75) is 18.4 Å². The molecule has 6 nitrogen and oxygen atoms in total. The molecule has 19 heavy (non-hydrogen) atoms. The van der Waals surface area contributed by atoms with Gasteiger partial charge in [-0.2, -0.15) is 0 Å². The number of aromatic amines is 1. The highest BCUT2D eigenvalue weighted by molar-refractivity contribution is 5.93. The second-order valence-electron chi connectivity index (χ2n) is 4.87. The van der Waals surface area contributed by atoms with Crippen molar-refractivity contribution in [3.8, 4) is 0 Å². The molecule has 1 fully saturated rings. The first kappa shape index (κ1) is 13.8. The molecule has 3 N–H and O–H groups in total. The van der Waals surface area contributed by atoms with Crippen LogP contribution in [0.5, 0.6) is 0 Å². The summed E-state index contributed by atoms with van der Waals surface area (Å²) in [5.41, 5.74) is 0.0575. The number of rotatable bonds is 5. The number of ether oxygens (including phenoxy) is 1. The van der Waals surface area contributed by atoms with Crippen LogP contribution in [0.25, 0.3) is 0 Å². The average molecular weight is 265 g/mol. The van der Waals surface area contributed by atoms with Crippen molar-refractivity contribution in [2.24, 2.45) is 0 Å². The van der Waals surface area contributed by atoms with Crippen LogP contribution in [0.2, 0.25) is 0 Å². The van der Waals surface area contributed by atoms with Gasteiger partial charge in [-0.3, -0.25) is 9.59 Å². The molecule has 2 rings (SSSR count). The van der Waals surface area contributed by atoms with E-state index in [1.54, 1.807) is 7.11 Å². The van der Waals surface area contributed by atoms with Crippen molar-refractivity contribution >= 4 is 5.91 Å². The number of aromatic nitrogens is 1. The van der Waals surface area contributed by atoms with E-state index in [2.05, 4.69) is 15.6 Å². The summed E-state index contributed by atoms with van der Waals surface area (Å²) in [7, 11) is 1.66. The molecule has 1 atom stereocenters. The van der Waals surface area contributed by atoms with E-state index in [-0.39, 0.29) is 17.0 Å². The Labute approximate surface area is 111 Å². The second-order valence-corrected chi connectivity index (χ2v) is 4.87. The first-order valence-corrected chi connectivity index (χ1v) is 6.36. The van der Waals surface area contributed by atoms with Gasteiger partial charge >= 0.3 is 0 Å². The Morgan fingerprint density at radius 1 is 1.53 bits per heavy atom. The number of carbonyl (C=O) groups excluding carboxylic acids is 1. The number of carbonyl (C=O) groups is 1. The van der Waals surface area contributed by atoms with Crippen LogP contribution in [0.1, 0.15) is 23.2 Å². The Morgan fingerprint density at radius 3 is 2.95 bits per heavy atom. The number of pyridine rings is 1. The monoisotopic (exact) mass is 265 g/mol. The van der Waals surface area contributed by atoms with Gasteiger partial charge in [-0.05, 0) is 25.5 Å². The van der Waals surface area contributed by atoms with Gasteiger partial charge in [0, 0.05) is 25.9 Å². The lowest BCUT2D eigenvalue weighted by Gasteiger charge is -2.28. The van der Waals surface area contributed by atoms with E-state index in [9.17, 15) is 9.59 Å². The first-order valence-electron chi connectivity index (χ1n) is 6.36. The Kier molecular flexibility index (Phi) is 4.34. The fraction of sp³-hybridized carbons (Fsp3) is 0.538. The number of hydrogen-bond donors (Lipinski definition) is 3. The van der Waals surface area contributed by atoms with Crippen molar-refractivity contribution in [2.75, 3.05) is 26.8 Å². The summed E-state index contributed by atoms with van der Waals surface area (Å²) in [6, 6.07) is 2.85. The molecule has 0 aliphatic carbocycles. The SMILES string of the molecule is COCC1(CNC(=O)c2ccc(=O)[nH]c2)CCCN1. The fourth-order valence-electron chi connectivity index (χ4n) is 2.37. The highest BCUT2D eigenvalue weighted by Crippen LogP contribution is 2.18. The zero-order chi connectivity index (χ0) is 13.7. The van der Waals surface area contributed by atoms with E-state index in [1.807, 2.05) is 0 Å². The van der Waals surface area contributed by atoms with Gasteiger partial charge in [0.2, 0.25) is 5.56 Å². The van der Waals surface area contributed by atoms with Crippen molar-refractivity contribution < 1.29 is 9.53 Å². The maximum absolute atomic E-state index is 12.0. The van der Waals surface area contributed by atoms with Gasteiger partial charge in [-0.25, -0.2) is 0 Å². The van der Waals surface area contributed by atoms with Crippen molar-refractivity contribution in [3.05, 3.63) is 34.2 Å². The predicted octanol–water partition coefficient (Wildman–Crippen LogP) is -0.127. The molecule has 104 valence electrons. The van der Waals surface area contributed by atoms with Gasteiger partial charge in [0.1, 0.15) is 0 Å². The highest BCUT2D eigenvalue weighted by atomic mass is 16.5. The minimum absolute atomic E-state index is 0.174. The summed E-state index contributed by atoms with van der Waals surface area (Å²) in [4.78, 5) is 25.4. The van der Waals surface area contributed by atoms with Gasteiger partial charge in [-0.1, -0.05) is 0 Å². The number of nitrogens with one attached hydrogen (secondary N) is 3. The van der Waals surface area contributed by atoms with E-state index >= 15 is 0 Å². The maximum Gasteiger partial charge on any atom is 0.252 e. The Balaban J connectivity index is 1.95. The zero-order valence-corrected chi connectivity index (χ0v) is 11.0. The third-order valence-corrected chi connectivity index (χ3v) is 3.39. The molecule has 2 heterocycles. The maximum atomic E-state index is 12.0. The van der Waals surface area contributed by atoms with Crippen molar-refractivity contribution in [3.63, 3.8) is 0 Å². The van der Waals surface area contributed by atoms with Crippen LogP contribution in [0.3, 0.4) is 0 Å². The molecule has 0 radical (unpaired) electrons. The normalized spacial score (nSPS) is 22.4. The molecule has 1 aliphatic heterocycles. The minimum atomic E-state index is -0.218. The van der Waals surface area contributed by atoms with E-state index < -0.39 is 0 Å². The summed E-state index contributed by atoms with van der Waals surface area (Å²) >= 11 is 0. The Bertz CT molecular complexity index is 472. The molecule has 1 aromatic rings. The molecule has 0 spiro atoms. The molecular weight excluding hydrogens is 246 g/mol. The molecule has 1 unspecified atom stereocenters. The van der Waals surface area contributed by atoms with E-state index in [0.717, 1.165) is 19.4 Å². The number of methoxy groups -OCH3 is 1. The largest absolute Gasteiger partial charge is 0.383 e. The minimum Gasteiger partial charge on any atom is -0.383 e. The van der Waals surface area contributed by atoms with Crippen LogP contribution >= 0.6 is 0 Å². The van der Waals surface area contributed by atoms with Crippen LogP contribution in [-0.4, -0.2) is 43.2 Å². The molecule has 0 bridgehead atoms. The summed E-state index contributed by atoms with van der Waals surface area (Å²) < 4.78 is 5.22. The Hall–Kier alpha value is -1.66. The average Bonchev–Trinajstić information content (AvgIpc) is 2.86. The Morgan fingerprint density at radius 2 is 2.37 bits per heavy atom. The number of amides is 1. The summed E-state index contributed by atoms with van der Waals surface area (Å²) in [5.74, 6) is -0.194. The third-order valence-electron chi connectivity index (χ3n) is 3.39. The van der Waals surface area contributed by atoms with Crippen LogP contribution in [-0.2, 0) is 4.74 Å². The molecule has 0 saturated carbocycles. The molecular formula is C13H19N3O3. The van der Waals surface area contributed by atoms with Gasteiger partial charge in [0.05, 0.1) is 17.7 Å². The number of hydrogen-bond acceptors (Lipinski definition) is 4. The lowest BCUT2D eigenvalue weighted by Crippen LogP contribution is -2.53. The van der Waals surface area contributed by atoms with Crippen LogP contribution in [0, 0.1) is 0 Å². The van der Waals surface area contributed by atoms with E-state index in [0.29, 0.717) is 18.7 Å². The van der Waals surface area contributed by atoms with Crippen LogP contribution in [0.15, 0.2) is 23.1 Å².